The molecule has 0 bridgehead atoms. The maximum absolute atomic E-state index is 13.7. The Hall–Kier alpha value is -3.36. The summed E-state index contributed by atoms with van der Waals surface area (Å²) in [5, 5.41) is 6.11. The molecule has 1 aliphatic rings. The molecule has 0 radical (unpaired) electrons. The molecule has 0 saturated carbocycles. The Morgan fingerprint density at radius 3 is 1.28 bits per heavy atom. The van der Waals surface area contributed by atoms with E-state index in [-0.39, 0.29) is 24.9 Å². The molecule has 2 aromatic carbocycles. The van der Waals surface area contributed by atoms with E-state index in [4.69, 9.17) is 9.47 Å². The number of carbonyl (C=O) groups is 2. The quantitative estimate of drug-likeness (QED) is 0.685. The molecule has 2 N–H and O–H groups in total. The van der Waals surface area contributed by atoms with E-state index < -0.39 is 22.3 Å². The number of hydrogen-bond acceptors (Lipinski definition) is 6. The summed E-state index contributed by atoms with van der Waals surface area (Å²) in [6.07, 6.45) is 3.02. The summed E-state index contributed by atoms with van der Waals surface area (Å²) in [5.74, 6) is -0.722. The first-order chi connectivity index (χ1) is 17.0. The lowest BCUT2D eigenvalue weighted by Gasteiger charge is -2.35. The Bertz CT molecular complexity index is 1030. The minimum atomic E-state index is -1.45. The van der Waals surface area contributed by atoms with E-state index in [0.717, 1.165) is 0 Å². The van der Waals surface area contributed by atoms with Crippen molar-refractivity contribution >= 4 is 24.2 Å². The second kappa shape index (κ2) is 10.7. The fourth-order valence-corrected chi connectivity index (χ4v) is 4.11. The van der Waals surface area contributed by atoms with Gasteiger partial charge in [0.2, 0.25) is 11.2 Å². The zero-order valence-corrected chi connectivity index (χ0v) is 21.9. The van der Waals surface area contributed by atoms with Crippen LogP contribution in [-0.4, -0.2) is 62.6 Å². The lowest BCUT2D eigenvalue weighted by Crippen LogP contribution is -2.57. The summed E-state index contributed by atoms with van der Waals surface area (Å²) < 4.78 is 11.6. The van der Waals surface area contributed by atoms with Crippen LogP contribution in [0.4, 0.5) is 0 Å². The third-order valence-electron chi connectivity index (χ3n) is 6.15. The Morgan fingerprint density at radius 2 is 0.972 bits per heavy atom. The first-order valence-corrected chi connectivity index (χ1v) is 11.9. The Balaban J connectivity index is 2.10. The van der Waals surface area contributed by atoms with Crippen LogP contribution < -0.4 is 10.6 Å². The molecule has 2 amide bonds. The fraction of sp³-hybridized carbons (Fsp3) is 0.429. The van der Waals surface area contributed by atoms with Crippen molar-refractivity contribution in [1.82, 2.24) is 10.6 Å². The Kier molecular flexibility index (Phi) is 8.11. The van der Waals surface area contributed by atoms with Crippen LogP contribution in [0.3, 0.4) is 0 Å². The number of nitrogens with one attached hydrogen (secondary N) is 2. The van der Waals surface area contributed by atoms with E-state index in [1.54, 1.807) is 0 Å². The largest absolute Gasteiger partial charge is 0.358 e. The number of rotatable bonds is 4. The highest BCUT2D eigenvalue weighted by molar-refractivity contribution is 6.04. The predicted octanol–water partition coefficient (Wildman–Crippen LogP) is 3.02. The topological polar surface area (TPSA) is 101 Å². The van der Waals surface area contributed by atoms with Crippen molar-refractivity contribution in [3.63, 3.8) is 0 Å². The number of methoxy groups -OCH3 is 2. The third-order valence-corrected chi connectivity index (χ3v) is 6.15. The summed E-state index contributed by atoms with van der Waals surface area (Å²) in [5.41, 5.74) is -3.15. The number of aliphatic imine (C=N–C) groups is 2. The van der Waals surface area contributed by atoms with Gasteiger partial charge in [0.15, 0.2) is 0 Å². The molecular weight excluding hydrogens is 456 g/mol. The summed E-state index contributed by atoms with van der Waals surface area (Å²) in [6, 6.07) is 18.4. The zero-order chi connectivity index (χ0) is 26.5. The van der Waals surface area contributed by atoms with Crippen molar-refractivity contribution in [2.75, 3.05) is 27.3 Å². The van der Waals surface area contributed by atoms with Crippen molar-refractivity contribution < 1.29 is 19.1 Å². The van der Waals surface area contributed by atoms with E-state index in [9.17, 15) is 9.59 Å². The molecule has 8 heteroatoms. The van der Waals surface area contributed by atoms with Gasteiger partial charge in [0.25, 0.3) is 11.8 Å². The zero-order valence-electron chi connectivity index (χ0n) is 21.9. The monoisotopic (exact) mass is 492 g/mol. The average molecular weight is 493 g/mol. The molecule has 8 nitrogen and oxygen atoms in total. The van der Waals surface area contributed by atoms with Crippen molar-refractivity contribution in [1.29, 1.82) is 0 Å². The van der Waals surface area contributed by atoms with E-state index >= 15 is 0 Å². The summed E-state index contributed by atoms with van der Waals surface area (Å²) >= 11 is 0. The maximum Gasteiger partial charge on any atom is 0.263 e. The van der Waals surface area contributed by atoms with Gasteiger partial charge in [-0.1, -0.05) is 60.7 Å². The molecule has 2 aromatic rings. The van der Waals surface area contributed by atoms with Crippen molar-refractivity contribution in [2.24, 2.45) is 9.98 Å². The molecule has 0 aromatic heterocycles. The SMILES string of the molecule is COC1(c2ccccc2)C=NCC(C)(C)NC(=O)C(OC)(c2ccccc2)C=NCC(C)(C)NC1=O. The molecule has 1 aliphatic heterocycles. The van der Waals surface area contributed by atoms with Crippen molar-refractivity contribution in [2.45, 2.75) is 50.0 Å². The molecule has 2 atom stereocenters. The van der Waals surface area contributed by atoms with Gasteiger partial charge in [0.05, 0.1) is 24.2 Å². The summed E-state index contributed by atoms with van der Waals surface area (Å²) in [6.45, 7) is 7.82. The second-order valence-corrected chi connectivity index (χ2v) is 10.2. The second-order valence-electron chi connectivity index (χ2n) is 10.2. The fourth-order valence-electron chi connectivity index (χ4n) is 4.11. The average Bonchev–Trinajstić information content (AvgIpc) is 2.84. The number of benzene rings is 2. The number of ether oxygens (including phenoxy) is 2. The molecule has 36 heavy (non-hydrogen) atoms. The lowest BCUT2D eigenvalue weighted by atomic mass is 9.90. The van der Waals surface area contributed by atoms with Crippen LogP contribution in [0.5, 0.6) is 0 Å². The van der Waals surface area contributed by atoms with Crippen molar-refractivity contribution in [3.05, 3.63) is 71.8 Å². The van der Waals surface area contributed by atoms with Crippen LogP contribution in [0, 0.1) is 0 Å². The predicted molar refractivity (Wildman–Crippen MR) is 141 cm³/mol. The molecule has 0 spiro atoms. The minimum absolute atomic E-state index is 0.194. The molecule has 0 saturated heterocycles. The van der Waals surface area contributed by atoms with Gasteiger partial charge < -0.3 is 20.1 Å². The molecule has 1 heterocycles. The van der Waals surface area contributed by atoms with Gasteiger partial charge in [0, 0.05) is 26.6 Å². The van der Waals surface area contributed by atoms with Crippen LogP contribution >= 0.6 is 0 Å². The number of amides is 2. The molecule has 2 unspecified atom stereocenters. The maximum atomic E-state index is 13.7. The van der Waals surface area contributed by atoms with Crippen LogP contribution in [0.2, 0.25) is 0 Å². The molecule has 3 rings (SSSR count). The van der Waals surface area contributed by atoms with Crippen LogP contribution in [0.15, 0.2) is 70.6 Å². The van der Waals surface area contributed by atoms with Crippen molar-refractivity contribution in [3.8, 4) is 0 Å². The smallest absolute Gasteiger partial charge is 0.263 e. The van der Waals surface area contributed by atoms with E-state index in [1.807, 2.05) is 88.4 Å². The van der Waals surface area contributed by atoms with Gasteiger partial charge in [-0.25, -0.2) is 0 Å². The summed E-state index contributed by atoms with van der Waals surface area (Å²) in [7, 11) is 2.96. The minimum Gasteiger partial charge on any atom is -0.358 e. The van der Waals surface area contributed by atoms with E-state index in [1.165, 1.54) is 26.6 Å². The van der Waals surface area contributed by atoms with Crippen LogP contribution in [0.25, 0.3) is 0 Å². The first-order valence-electron chi connectivity index (χ1n) is 11.9. The number of carbonyl (C=O) groups excluding carboxylic acids is 2. The highest BCUT2D eigenvalue weighted by Gasteiger charge is 2.44. The van der Waals surface area contributed by atoms with Gasteiger partial charge >= 0.3 is 0 Å². The molecule has 0 fully saturated rings. The highest BCUT2D eigenvalue weighted by atomic mass is 16.5. The first kappa shape index (κ1) is 27.2. The Labute approximate surface area is 213 Å². The van der Waals surface area contributed by atoms with Crippen LogP contribution in [0.1, 0.15) is 38.8 Å². The lowest BCUT2D eigenvalue weighted by molar-refractivity contribution is -0.139. The van der Waals surface area contributed by atoms with Crippen LogP contribution in [-0.2, 0) is 30.3 Å². The number of nitrogens with zero attached hydrogens (tertiary/aromatic N) is 2. The molecule has 192 valence electrons. The third kappa shape index (κ3) is 5.71. The van der Waals surface area contributed by atoms with E-state index in [0.29, 0.717) is 11.1 Å². The van der Waals surface area contributed by atoms with Gasteiger partial charge in [-0.05, 0) is 38.8 Å². The van der Waals surface area contributed by atoms with Gasteiger partial charge in [-0.15, -0.1) is 0 Å². The van der Waals surface area contributed by atoms with Gasteiger partial charge in [-0.2, -0.15) is 0 Å². The van der Waals surface area contributed by atoms with E-state index in [2.05, 4.69) is 20.6 Å². The molecule has 0 aliphatic carbocycles. The molecular formula is C28H36N4O4. The summed E-state index contributed by atoms with van der Waals surface area (Å²) in [4.78, 5) is 36.6. The van der Waals surface area contributed by atoms with Gasteiger partial charge in [-0.3, -0.25) is 19.6 Å². The normalized spacial score (nSPS) is 26.5. The highest BCUT2D eigenvalue weighted by Crippen LogP contribution is 2.28. The van der Waals surface area contributed by atoms with Gasteiger partial charge in [0.1, 0.15) is 0 Å². The standard InChI is InChI=1S/C28H36N4O4/c1-25(2)17-29-19-28(36-6,22-15-11-8-12-16-22)24(34)32-26(3,4)18-30-20-27(35-5,23(33)31-25)21-13-9-7-10-14-21/h7-16,19-20H,17-18H2,1-6H3,(H,31,33)(H,32,34). The number of hydrogen-bond donors (Lipinski definition) is 2. The Morgan fingerprint density at radius 1 is 0.639 bits per heavy atom.